The zero-order chi connectivity index (χ0) is 29.5. The predicted octanol–water partition coefficient (Wildman–Crippen LogP) is 5.74. The molecule has 5 rings (SSSR count). The second-order valence-corrected chi connectivity index (χ2v) is 12.6. The third-order valence-corrected chi connectivity index (χ3v) is 10.3. The van der Waals surface area contributed by atoms with Gasteiger partial charge in [0, 0.05) is 44.2 Å². The molecule has 2 aliphatic heterocycles. The lowest BCUT2D eigenvalue weighted by molar-refractivity contribution is -0.139. The van der Waals surface area contributed by atoms with E-state index in [4.69, 9.17) is 0 Å². The van der Waals surface area contributed by atoms with E-state index in [0.29, 0.717) is 18.7 Å². The van der Waals surface area contributed by atoms with Crippen molar-refractivity contribution >= 4 is 10.0 Å². The zero-order valence-electron chi connectivity index (χ0n) is 23.1. The summed E-state index contributed by atoms with van der Waals surface area (Å²) in [6.45, 7) is 4.97. The summed E-state index contributed by atoms with van der Waals surface area (Å²) < 4.78 is 83.8. The minimum absolute atomic E-state index is 0.00951. The van der Waals surface area contributed by atoms with Crippen molar-refractivity contribution in [1.82, 2.24) is 14.5 Å². The average molecular weight is 588 g/mol. The highest BCUT2D eigenvalue weighted by Crippen LogP contribution is 2.43. The van der Waals surface area contributed by atoms with E-state index < -0.39 is 26.7 Å². The molecular weight excluding hydrogens is 554 g/mol. The molecule has 0 amide bonds. The number of likely N-dealkylation sites (N-methyl/N-ethyl adjacent to an activating group) is 1. The number of rotatable bonds is 6. The van der Waals surface area contributed by atoms with E-state index >= 15 is 0 Å². The molecule has 0 saturated carbocycles. The van der Waals surface area contributed by atoms with Crippen molar-refractivity contribution < 1.29 is 26.0 Å². The minimum Gasteiger partial charge on any atom is -0.318 e. The van der Waals surface area contributed by atoms with E-state index in [1.165, 1.54) is 18.2 Å². The number of nitrogens with one attached hydrogen (secondary N) is 1. The number of hydrogen-bond acceptors (Lipinski definition) is 4. The summed E-state index contributed by atoms with van der Waals surface area (Å²) in [5.41, 5.74) is 3.21. The Balaban J connectivity index is 1.48. The van der Waals surface area contributed by atoms with Crippen LogP contribution in [-0.4, -0.2) is 62.9 Å². The molecule has 10 heteroatoms. The van der Waals surface area contributed by atoms with Gasteiger partial charge in [0.05, 0.1) is 10.5 Å². The van der Waals surface area contributed by atoms with Crippen LogP contribution in [0.25, 0.3) is 11.1 Å². The lowest BCUT2D eigenvalue weighted by Crippen LogP contribution is -2.68. The highest BCUT2D eigenvalue weighted by molar-refractivity contribution is 7.89. The fourth-order valence-corrected chi connectivity index (χ4v) is 7.74. The molecule has 0 radical (unpaired) electrons. The van der Waals surface area contributed by atoms with Crippen molar-refractivity contribution in [3.63, 3.8) is 0 Å². The molecule has 2 aliphatic rings. The number of alkyl halides is 3. The number of nitrogens with zero attached hydrogens (tertiary/aromatic N) is 2. The van der Waals surface area contributed by atoms with E-state index in [1.807, 2.05) is 44.3 Å². The summed E-state index contributed by atoms with van der Waals surface area (Å²) in [5, 5.41) is 3.23. The van der Waals surface area contributed by atoms with Crippen LogP contribution in [0.5, 0.6) is 0 Å². The summed E-state index contributed by atoms with van der Waals surface area (Å²) in [5.74, 6) is -0.294. The van der Waals surface area contributed by atoms with Crippen LogP contribution in [0.4, 0.5) is 17.6 Å². The molecule has 3 atom stereocenters. The van der Waals surface area contributed by atoms with Gasteiger partial charge >= 0.3 is 6.18 Å². The van der Waals surface area contributed by atoms with Crippen molar-refractivity contribution in [2.24, 2.45) is 0 Å². The molecule has 1 N–H and O–H groups in total. The molecule has 3 aromatic carbocycles. The monoisotopic (exact) mass is 587 g/mol. The number of halogens is 4. The number of benzene rings is 3. The van der Waals surface area contributed by atoms with E-state index in [-0.39, 0.29) is 36.9 Å². The fraction of sp³-hybridized carbons (Fsp3) is 0.355. The quantitative estimate of drug-likeness (QED) is 0.295. The Bertz CT molecular complexity index is 1550. The Hall–Kier alpha value is -3.05. The van der Waals surface area contributed by atoms with Crippen molar-refractivity contribution in [2.75, 3.05) is 33.2 Å². The normalized spacial score (nSPS) is 22.9. The van der Waals surface area contributed by atoms with Crippen LogP contribution < -0.4 is 5.32 Å². The van der Waals surface area contributed by atoms with Gasteiger partial charge in [-0.25, -0.2) is 12.8 Å². The van der Waals surface area contributed by atoms with E-state index in [9.17, 15) is 26.0 Å². The second-order valence-electron chi connectivity index (χ2n) is 10.7. The van der Waals surface area contributed by atoms with Crippen molar-refractivity contribution in [2.45, 2.75) is 42.9 Å². The van der Waals surface area contributed by atoms with Gasteiger partial charge < -0.3 is 5.32 Å². The number of fused-ring (bicyclic) bond motifs is 1. The molecule has 218 valence electrons. The highest BCUT2D eigenvalue weighted by Gasteiger charge is 2.50. The Kier molecular flexibility index (Phi) is 8.13. The second kappa shape index (κ2) is 11.3. The van der Waals surface area contributed by atoms with Crippen LogP contribution in [0.15, 0.2) is 77.7 Å². The van der Waals surface area contributed by atoms with Gasteiger partial charge in [0.25, 0.3) is 0 Å². The molecule has 1 fully saturated rings. The maximum absolute atomic E-state index is 14.0. The standard InChI is InChI=1S/C31H33F4N3O2S/c1-20-21(2)26(32)15-14-24(20)22-10-12-23(13-11-22)30-27(18-36-3)38-17-7-6-16-37(19-28(30)38)41(39,40)29-9-5-4-8-25(29)31(33,34)35/h4-15,27-28,30,36H,16-19H2,1-3H3/b7-6-/t27-,28?,30-/m1/s1. The molecule has 3 aromatic rings. The van der Waals surface area contributed by atoms with Crippen LogP contribution in [0, 0.1) is 19.7 Å². The highest BCUT2D eigenvalue weighted by atomic mass is 32.2. The topological polar surface area (TPSA) is 52.7 Å². The zero-order valence-corrected chi connectivity index (χ0v) is 23.9. The van der Waals surface area contributed by atoms with Crippen molar-refractivity contribution in [3.8, 4) is 11.1 Å². The first-order chi connectivity index (χ1) is 19.4. The van der Waals surface area contributed by atoms with Crippen LogP contribution in [0.3, 0.4) is 0 Å². The maximum atomic E-state index is 14.0. The van der Waals surface area contributed by atoms with Gasteiger partial charge in [-0.15, -0.1) is 0 Å². The molecule has 5 nitrogen and oxygen atoms in total. The van der Waals surface area contributed by atoms with Crippen molar-refractivity contribution in [1.29, 1.82) is 0 Å². The Morgan fingerprint density at radius 3 is 2.29 bits per heavy atom. The molecule has 0 aromatic heterocycles. The lowest BCUT2D eigenvalue weighted by atomic mass is 9.74. The summed E-state index contributed by atoms with van der Waals surface area (Å²) >= 11 is 0. The third-order valence-electron chi connectivity index (χ3n) is 8.41. The third kappa shape index (κ3) is 5.46. The Labute approximate surface area is 238 Å². The summed E-state index contributed by atoms with van der Waals surface area (Å²) in [7, 11) is -2.58. The van der Waals surface area contributed by atoms with Crippen molar-refractivity contribution in [3.05, 3.63) is 101 Å². The SMILES string of the molecule is CNC[C@@H]1[C@@H](c2ccc(-c3ccc(F)c(C)c3C)cc2)C2CN(S(=O)(=O)c3ccccc3C(F)(F)F)C/C=C\CN21. The predicted molar refractivity (Wildman–Crippen MR) is 152 cm³/mol. The maximum Gasteiger partial charge on any atom is 0.417 e. The van der Waals surface area contributed by atoms with Gasteiger partial charge in [0.1, 0.15) is 5.82 Å². The first-order valence-electron chi connectivity index (χ1n) is 13.5. The van der Waals surface area contributed by atoms with E-state index in [1.54, 1.807) is 19.1 Å². The van der Waals surface area contributed by atoms with Crippen LogP contribution >= 0.6 is 0 Å². The molecule has 2 heterocycles. The first kappa shape index (κ1) is 29.4. The largest absolute Gasteiger partial charge is 0.417 e. The number of hydrogen-bond donors (Lipinski definition) is 1. The molecule has 0 spiro atoms. The summed E-state index contributed by atoms with van der Waals surface area (Å²) in [6, 6.07) is 15.4. The Morgan fingerprint density at radius 2 is 1.61 bits per heavy atom. The van der Waals surface area contributed by atoms with Gasteiger partial charge in [0.2, 0.25) is 10.0 Å². The number of sulfonamides is 1. The van der Waals surface area contributed by atoms with E-state index in [2.05, 4.69) is 10.2 Å². The van der Waals surface area contributed by atoms with Crippen LogP contribution in [-0.2, 0) is 16.2 Å². The van der Waals surface area contributed by atoms with Gasteiger partial charge in [-0.05, 0) is 66.9 Å². The molecule has 0 aliphatic carbocycles. The molecule has 41 heavy (non-hydrogen) atoms. The Morgan fingerprint density at radius 1 is 0.927 bits per heavy atom. The van der Waals surface area contributed by atoms with Crippen LogP contribution in [0.2, 0.25) is 0 Å². The average Bonchev–Trinajstić information content (AvgIpc) is 2.92. The lowest BCUT2D eigenvalue weighted by Gasteiger charge is -2.57. The molecule has 0 bridgehead atoms. The smallest absolute Gasteiger partial charge is 0.318 e. The minimum atomic E-state index is -4.80. The molecule has 1 unspecified atom stereocenters. The molecule has 1 saturated heterocycles. The van der Waals surface area contributed by atoms with Gasteiger partial charge in [-0.2, -0.15) is 17.5 Å². The van der Waals surface area contributed by atoms with Gasteiger partial charge in [0.15, 0.2) is 0 Å². The summed E-state index contributed by atoms with van der Waals surface area (Å²) in [6.07, 6.45) is -1.21. The van der Waals surface area contributed by atoms with Crippen LogP contribution in [0.1, 0.15) is 28.2 Å². The van der Waals surface area contributed by atoms with Gasteiger partial charge in [-0.3, -0.25) is 4.90 Å². The fourth-order valence-electron chi connectivity index (χ4n) is 6.12. The molecular formula is C31H33F4N3O2S. The van der Waals surface area contributed by atoms with E-state index in [0.717, 1.165) is 38.7 Å². The summed E-state index contributed by atoms with van der Waals surface area (Å²) in [4.78, 5) is 1.47. The van der Waals surface area contributed by atoms with Gasteiger partial charge in [-0.1, -0.05) is 54.6 Å². The first-order valence-corrected chi connectivity index (χ1v) is 15.0.